The molecule has 2 heterocycles. The van der Waals surface area contributed by atoms with Crippen molar-refractivity contribution >= 4 is 24.3 Å². The largest absolute Gasteiger partial charge is 0.339 e. The lowest BCUT2D eigenvalue weighted by atomic mass is 9.94. The summed E-state index contributed by atoms with van der Waals surface area (Å²) in [5, 5.41) is 0.972. The lowest BCUT2D eigenvalue weighted by molar-refractivity contribution is -0.866. The Kier molecular flexibility index (Phi) is 1.53. The van der Waals surface area contributed by atoms with Crippen molar-refractivity contribution in [2.45, 2.75) is 0 Å². The molecule has 0 saturated carbocycles. The third-order valence-corrected chi connectivity index (χ3v) is 1.84. The van der Waals surface area contributed by atoms with E-state index in [9.17, 15) is 0 Å². The average molecular weight is 159 g/mol. The molecule has 0 atom stereocenters. The first-order valence-electron chi connectivity index (χ1n) is 3.64. The number of rotatable bonds is 1. The summed E-state index contributed by atoms with van der Waals surface area (Å²) in [5.74, 6) is 0. The number of fused-ring (bicyclic) bond motifs is 1. The zero-order chi connectivity index (χ0) is 8.55. The van der Waals surface area contributed by atoms with Gasteiger partial charge in [-0.3, -0.25) is 0 Å². The molecule has 4 heteroatoms. The molecule has 2 aromatic rings. The molecule has 58 valence electrons. The fourth-order valence-corrected chi connectivity index (χ4v) is 1.24. The summed E-state index contributed by atoms with van der Waals surface area (Å²) in [7, 11) is 7.34. The molecule has 2 aromatic heterocycles. The fraction of sp³-hybridized carbons (Fsp3) is 0.125. The predicted octanol–water partition coefficient (Wildman–Crippen LogP) is -0.692. The second kappa shape index (κ2) is 2.55. The highest BCUT2D eigenvalue weighted by Gasteiger charge is 2.09. The Morgan fingerprint density at radius 3 is 3.08 bits per heavy atom. The molecule has 1 N–H and O–H groups in total. The van der Waals surface area contributed by atoms with Gasteiger partial charge in [0, 0.05) is 0 Å². The lowest BCUT2D eigenvalue weighted by Gasteiger charge is -1.98. The van der Waals surface area contributed by atoms with Gasteiger partial charge in [0.1, 0.15) is 21.2 Å². The molecule has 2 radical (unpaired) electrons. The van der Waals surface area contributed by atoms with Gasteiger partial charge in [0.25, 0.3) is 0 Å². The molecule has 0 fully saturated rings. The molecule has 0 bridgehead atoms. The summed E-state index contributed by atoms with van der Waals surface area (Å²) in [5.41, 5.74) is 1.62. The Morgan fingerprint density at radius 2 is 2.33 bits per heavy atom. The standard InChI is InChI=1S/C8H7BN2O/c1-12-11-5-3-7(9)6-2-4-10-8(6)11/h2-5H,1H3/p+1. The van der Waals surface area contributed by atoms with Crippen molar-refractivity contribution in [2.75, 3.05) is 7.11 Å². The van der Waals surface area contributed by atoms with E-state index in [2.05, 4.69) is 4.98 Å². The molecular weight excluding hydrogens is 151 g/mol. The van der Waals surface area contributed by atoms with Crippen LogP contribution in [0.5, 0.6) is 0 Å². The van der Waals surface area contributed by atoms with Crippen molar-refractivity contribution < 1.29 is 9.57 Å². The van der Waals surface area contributed by atoms with Crippen molar-refractivity contribution in [3.8, 4) is 0 Å². The number of hydrogen-bond acceptors (Lipinski definition) is 1. The van der Waals surface area contributed by atoms with Crippen LogP contribution in [0.2, 0.25) is 0 Å². The third kappa shape index (κ3) is 0.880. The number of nitrogens with zero attached hydrogens (tertiary/aromatic N) is 1. The van der Waals surface area contributed by atoms with E-state index in [0.717, 1.165) is 16.5 Å². The Bertz CT molecular complexity index is 410. The normalized spacial score (nSPS) is 10.4. The highest BCUT2D eigenvalue weighted by Crippen LogP contribution is 2.01. The monoisotopic (exact) mass is 159 g/mol. The summed E-state index contributed by atoms with van der Waals surface area (Å²) in [6.07, 6.45) is 3.60. The Balaban J connectivity index is 2.82. The molecular formula is C8H8BN2O+. The van der Waals surface area contributed by atoms with Crippen molar-refractivity contribution in [1.82, 2.24) is 4.98 Å². The molecule has 0 aliphatic carbocycles. The molecule has 0 aliphatic heterocycles. The molecule has 0 unspecified atom stereocenters. The van der Waals surface area contributed by atoms with Gasteiger partial charge in [-0.2, -0.15) is 0 Å². The van der Waals surface area contributed by atoms with Crippen molar-refractivity contribution in [2.24, 2.45) is 0 Å². The third-order valence-electron chi connectivity index (χ3n) is 1.84. The van der Waals surface area contributed by atoms with E-state index < -0.39 is 0 Å². The van der Waals surface area contributed by atoms with Crippen LogP contribution in [0.15, 0.2) is 24.5 Å². The maximum atomic E-state index is 5.74. The molecule has 0 aliphatic rings. The number of aromatic nitrogens is 2. The molecule has 0 aromatic carbocycles. The van der Waals surface area contributed by atoms with Crippen molar-refractivity contribution in [1.29, 1.82) is 0 Å². The molecule has 12 heavy (non-hydrogen) atoms. The minimum absolute atomic E-state index is 0.750. The quantitative estimate of drug-likeness (QED) is 0.433. The molecule has 0 amide bonds. The van der Waals surface area contributed by atoms with Crippen LogP contribution in [0, 0.1) is 0 Å². The molecule has 0 spiro atoms. The summed E-state index contributed by atoms with van der Waals surface area (Å²) >= 11 is 0. The van der Waals surface area contributed by atoms with Crippen LogP contribution in [0.3, 0.4) is 0 Å². The first-order chi connectivity index (χ1) is 5.83. The topological polar surface area (TPSA) is 28.9 Å². The number of aromatic amines is 1. The van der Waals surface area contributed by atoms with Gasteiger partial charge in [-0.15, -0.1) is 0 Å². The van der Waals surface area contributed by atoms with E-state index in [-0.39, 0.29) is 0 Å². The minimum Gasteiger partial charge on any atom is -0.339 e. The number of hydrogen-bond donors (Lipinski definition) is 1. The summed E-state index contributed by atoms with van der Waals surface area (Å²) in [4.78, 5) is 8.11. The van der Waals surface area contributed by atoms with Gasteiger partial charge in [-0.25, -0.2) is 4.98 Å². The number of nitrogens with one attached hydrogen (secondary N) is 1. The van der Waals surface area contributed by atoms with Gasteiger partial charge in [0.15, 0.2) is 0 Å². The maximum Gasteiger partial charge on any atom is 0.325 e. The fourth-order valence-electron chi connectivity index (χ4n) is 1.24. The van der Waals surface area contributed by atoms with E-state index in [1.807, 2.05) is 12.3 Å². The van der Waals surface area contributed by atoms with Crippen LogP contribution in [-0.2, 0) is 0 Å². The van der Waals surface area contributed by atoms with Crippen LogP contribution in [-0.4, -0.2) is 19.9 Å². The summed E-state index contributed by atoms with van der Waals surface area (Å²) in [6.45, 7) is 0. The smallest absolute Gasteiger partial charge is 0.325 e. The second-order valence-corrected chi connectivity index (χ2v) is 2.52. The Labute approximate surface area is 71.3 Å². The van der Waals surface area contributed by atoms with E-state index in [1.165, 1.54) is 0 Å². The number of H-pyrrole nitrogens is 1. The SMILES string of the molecule is [B]c1cc[n+](OC)c2[nH]ccc12. The van der Waals surface area contributed by atoms with E-state index in [4.69, 9.17) is 12.7 Å². The van der Waals surface area contributed by atoms with E-state index in [0.29, 0.717) is 0 Å². The highest BCUT2D eigenvalue weighted by molar-refractivity contribution is 6.38. The van der Waals surface area contributed by atoms with Gasteiger partial charge in [-0.05, 0) is 16.9 Å². The van der Waals surface area contributed by atoms with Crippen LogP contribution in [0.4, 0.5) is 0 Å². The van der Waals surface area contributed by atoms with Crippen LogP contribution in [0.25, 0.3) is 11.0 Å². The van der Waals surface area contributed by atoms with Gasteiger partial charge in [-0.1, -0.05) is 5.46 Å². The maximum absolute atomic E-state index is 5.74. The van der Waals surface area contributed by atoms with Crippen molar-refractivity contribution in [3.63, 3.8) is 0 Å². The van der Waals surface area contributed by atoms with E-state index in [1.54, 1.807) is 24.1 Å². The summed E-state index contributed by atoms with van der Waals surface area (Å²) < 4.78 is 1.63. The first kappa shape index (κ1) is 7.22. The predicted molar refractivity (Wildman–Crippen MR) is 46.4 cm³/mol. The number of pyridine rings is 1. The van der Waals surface area contributed by atoms with E-state index >= 15 is 0 Å². The highest BCUT2D eigenvalue weighted by atomic mass is 16.6. The van der Waals surface area contributed by atoms with Gasteiger partial charge in [0.05, 0.1) is 11.6 Å². The zero-order valence-electron chi connectivity index (χ0n) is 6.74. The van der Waals surface area contributed by atoms with Crippen LogP contribution >= 0.6 is 0 Å². The van der Waals surface area contributed by atoms with Crippen LogP contribution in [0.1, 0.15) is 0 Å². The molecule has 2 rings (SSSR count). The average Bonchev–Trinajstić information content (AvgIpc) is 2.54. The summed E-state index contributed by atoms with van der Waals surface area (Å²) in [6, 6.07) is 3.72. The molecule has 0 saturated heterocycles. The molecule has 3 nitrogen and oxygen atoms in total. The Hall–Kier alpha value is -1.45. The van der Waals surface area contributed by atoms with Gasteiger partial charge >= 0.3 is 5.65 Å². The Morgan fingerprint density at radius 1 is 1.50 bits per heavy atom. The van der Waals surface area contributed by atoms with Crippen molar-refractivity contribution in [3.05, 3.63) is 24.5 Å². The second-order valence-electron chi connectivity index (χ2n) is 2.52. The lowest BCUT2D eigenvalue weighted by Crippen LogP contribution is -2.42. The van der Waals surface area contributed by atoms with Crippen LogP contribution < -0.4 is 15.0 Å². The van der Waals surface area contributed by atoms with Gasteiger partial charge < -0.3 is 4.84 Å². The zero-order valence-corrected chi connectivity index (χ0v) is 6.74. The van der Waals surface area contributed by atoms with Gasteiger partial charge in [0.2, 0.25) is 0 Å². The first-order valence-corrected chi connectivity index (χ1v) is 3.64. The minimum atomic E-state index is 0.750.